The Hall–Kier alpha value is -1.59. The van der Waals surface area contributed by atoms with Gasteiger partial charge in [0, 0.05) is 26.1 Å². The highest BCUT2D eigenvalue weighted by molar-refractivity contribution is 6.33. The van der Waals surface area contributed by atoms with Gasteiger partial charge in [-0.05, 0) is 18.6 Å². The number of hydrogen-bond acceptors (Lipinski definition) is 3. The first kappa shape index (κ1) is 15.3. The van der Waals surface area contributed by atoms with Gasteiger partial charge in [0.1, 0.15) is 6.61 Å². The first-order valence-electron chi connectivity index (χ1n) is 7.45. The van der Waals surface area contributed by atoms with Gasteiger partial charge in [-0.2, -0.15) is 0 Å². The zero-order valence-corrected chi connectivity index (χ0v) is 13.3. The van der Waals surface area contributed by atoms with Gasteiger partial charge in [-0.3, -0.25) is 9.59 Å². The van der Waals surface area contributed by atoms with E-state index in [2.05, 4.69) is 0 Å². The number of nitrogens with zero attached hydrogens (tertiary/aromatic N) is 2. The number of carbonyl (C=O) groups is 2. The number of amides is 2. The average Bonchev–Trinajstić information content (AvgIpc) is 2.67. The van der Waals surface area contributed by atoms with Gasteiger partial charge in [-0.1, -0.05) is 23.7 Å². The number of fused-ring (bicyclic) bond motifs is 1. The average molecular weight is 323 g/mol. The Kier molecular flexibility index (Phi) is 4.36. The van der Waals surface area contributed by atoms with E-state index in [0.717, 1.165) is 6.42 Å². The molecule has 2 heterocycles. The normalized spacial score (nSPS) is 25.6. The number of piperidine rings is 1. The third-order valence-corrected chi connectivity index (χ3v) is 4.89. The molecule has 0 spiro atoms. The van der Waals surface area contributed by atoms with E-state index in [4.69, 9.17) is 16.3 Å². The van der Waals surface area contributed by atoms with Crippen molar-refractivity contribution in [3.63, 3.8) is 0 Å². The summed E-state index contributed by atoms with van der Waals surface area (Å²) in [6.07, 6.45) is 0.832. The van der Waals surface area contributed by atoms with Crippen LogP contribution >= 0.6 is 11.6 Å². The molecule has 118 valence electrons. The minimum Gasteiger partial charge on any atom is -0.371 e. The highest BCUT2D eigenvalue weighted by Crippen LogP contribution is 2.26. The zero-order valence-electron chi connectivity index (χ0n) is 12.5. The van der Waals surface area contributed by atoms with Gasteiger partial charge in [-0.25, -0.2) is 0 Å². The molecular weight excluding hydrogens is 304 g/mol. The predicted octanol–water partition coefficient (Wildman–Crippen LogP) is 1.66. The van der Waals surface area contributed by atoms with Crippen molar-refractivity contribution in [1.82, 2.24) is 9.80 Å². The molecule has 0 aliphatic carbocycles. The Morgan fingerprint density at radius 2 is 2.14 bits per heavy atom. The van der Waals surface area contributed by atoms with Crippen molar-refractivity contribution in [3.05, 3.63) is 34.9 Å². The Morgan fingerprint density at radius 1 is 1.36 bits per heavy atom. The number of rotatable bonds is 1. The molecule has 22 heavy (non-hydrogen) atoms. The first-order chi connectivity index (χ1) is 10.6. The van der Waals surface area contributed by atoms with E-state index in [1.54, 1.807) is 41.1 Å². The molecule has 2 fully saturated rings. The van der Waals surface area contributed by atoms with E-state index in [9.17, 15) is 9.59 Å². The summed E-state index contributed by atoms with van der Waals surface area (Å²) in [5.41, 5.74) is 0.515. The van der Waals surface area contributed by atoms with Gasteiger partial charge >= 0.3 is 0 Å². The maximum Gasteiger partial charge on any atom is 0.255 e. The lowest BCUT2D eigenvalue weighted by atomic mass is 9.91. The molecular formula is C16H19ClN2O3. The molecule has 0 aromatic heterocycles. The van der Waals surface area contributed by atoms with Crippen LogP contribution in [-0.2, 0) is 9.53 Å². The van der Waals surface area contributed by atoms with E-state index >= 15 is 0 Å². The standard InChI is InChI=1S/C16H19ClN2O3/c1-18-14-8-19(7-6-11(14)9-22-10-15(18)20)16(21)12-4-2-3-5-13(12)17/h2-5,11,14H,6-10H2,1H3/t11-,14-/m0/s1. The van der Waals surface area contributed by atoms with Crippen molar-refractivity contribution in [2.75, 3.05) is 33.4 Å². The van der Waals surface area contributed by atoms with E-state index in [0.29, 0.717) is 30.3 Å². The summed E-state index contributed by atoms with van der Waals surface area (Å²) in [4.78, 5) is 28.1. The van der Waals surface area contributed by atoms with E-state index in [1.807, 2.05) is 0 Å². The molecule has 2 atom stereocenters. The van der Waals surface area contributed by atoms with Crippen LogP contribution in [0.15, 0.2) is 24.3 Å². The highest BCUT2D eigenvalue weighted by Gasteiger charge is 2.38. The SMILES string of the molecule is CN1C(=O)COC[C@@H]2CCN(C(=O)c3ccccc3Cl)C[C@@H]21. The number of hydrogen-bond donors (Lipinski definition) is 0. The molecule has 0 unspecified atom stereocenters. The molecule has 0 radical (unpaired) electrons. The second-order valence-corrected chi connectivity index (χ2v) is 6.27. The van der Waals surface area contributed by atoms with Gasteiger partial charge in [0.15, 0.2) is 0 Å². The molecule has 2 aliphatic heterocycles. The first-order valence-corrected chi connectivity index (χ1v) is 7.83. The fraction of sp³-hybridized carbons (Fsp3) is 0.500. The second kappa shape index (κ2) is 6.26. The molecule has 0 N–H and O–H groups in total. The molecule has 6 heteroatoms. The van der Waals surface area contributed by atoms with Crippen molar-refractivity contribution in [2.24, 2.45) is 5.92 Å². The molecule has 2 saturated heterocycles. The summed E-state index contributed by atoms with van der Waals surface area (Å²) in [5.74, 6) is 0.182. The Balaban J connectivity index is 1.79. The summed E-state index contributed by atoms with van der Waals surface area (Å²) in [6, 6.07) is 7.08. The molecule has 5 nitrogen and oxygen atoms in total. The van der Waals surface area contributed by atoms with Crippen LogP contribution in [-0.4, -0.2) is 61.0 Å². The third kappa shape index (κ3) is 2.83. The van der Waals surface area contributed by atoms with E-state index < -0.39 is 0 Å². The lowest BCUT2D eigenvalue weighted by molar-refractivity contribution is -0.134. The second-order valence-electron chi connectivity index (χ2n) is 5.87. The van der Waals surface area contributed by atoms with Crippen molar-refractivity contribution in [3.8, 4) is 0 Å². The quantitative estimate of drug-likeness (QED) is 0.790. The summed E-state index contributed by atoms with van der Waals surface area (Å²) in [7, 11) is 1.79. The monoisotopic (exact) mass is 322 g/mol. The zero-order chi connectivity index (χ0) is 15.7. The van der Waals surface area contributed by atoms with Gasteiger partial charge in [0.25, 0.3) is 5.91 Å². The minimum atomic E-state index is -0.0740. The van der Waals surface area contributed by atoms with Crippen LogP contribution in [0, 0.1) is 5.92 Å². The fourth-order valence-electron chi connectivity index (χ4n) is 3.19. The Labute approximate surface area is 134 Å². The molecule has 2 aliphatic rings. The maximum absolute atomic E-state index is 12.7. The highest BCUT2D eigenvalue weighted by atomic mass is 35.5. The van der Waals surface area contributed by atoms with Crippen LogP contribution in [0.2, 0.25) is 5.02 Å². The van der Waals surface area contributed by atoms with Crippen LogP contribution in [0.4, 0.5) is 0 Å². The molecule has 1 aromatic carbocycles. The maximum atomic E-state index is 12.7. The lowest BCUT2D eigenvalue weighted by Gasteiger charge is -2.41. The summed E-state index contributed by atoms with van der Waals surface area (Å²) in [6.45, 7) is 1.90. The van der Waals surface area contributed by atoms with Crippen LogP contribution in [0.1, 0.15) is 16.8 Å². The van der Waals surface area contributed by atoms with Gasteiger partial charge in [0.2, 0.25) is 5.91 Å². The lowest BCUT2D eigenvalue weighted by Crippen LogP contribution is -2.54. The fourth-order valence-corrected chi connectivity index (χ4v) is 3.40. The third-order valence-electron chi connectivity index (χ3n) is 4.56. The number of likely N-dealkylation sites (N-methyl/N-ethyl adjacent to an activating group) is 1. The number of carbonyl (C=O) groups excluding carboxylic acids is 2. The van der Waals surface area contributed by atoms with Crippen LogP contribution in [0.3, 0.4) is 0 Å². The van der Waals surface area contributed by atoms with Gasteiger partial charge in [-0.15, -0.1) is 0 Å². The Bertz CT molecular complexity index is 593. The number of benzene rings is 1. The van der Waals surface area contributed by atoms with Crippen molar-refractivity contribution < 1.29 is 14.3 Å². The van der Waals surface area contributed by atoms with E-state index in [1.165, 1.54) is 0 Å². The van der Waals surface area contributed by atoms with Crippen molar-refractivity contribution in [2.45, 2.75) is 12.5 Å². The van der Waals surface area contributed by atoms with E-state index in [-0.39, 0.29) is 30.4 Å². The number of likely N-dealkylation sites (tertiary alicyclic amines) is 1. The molecule has 0 saturated carbocycles. The van der Waals surface area contributed by atoms with Crippen molar-refractivity contribution >= 4 is 23.4 Å². The summed E-state index contributed by atoms with van der Waals surface area (Å²) >= 11 is 6.12. The molecule has 3 rings (SSSR count). The van der Waals surface area contributed by atoms with Crippen LogP contribution in [0.25, 0.3) is 0 Å². The summed E-state index contributed by atoms with van der Waals surface area (Å²) in [5, 5.41) is 0.461. The van der Waals surface area contributed by atoms with Crippen molar-refractivity contribution in [1.29, 1.82) is 0 Å². The van der Waals surface area contributed by atoms with Crippen LogP contribution < -0.4 is 0 Å². The predicted molar refractivity (Wildman–Crippen MR) is 82.8 cm³/mol. The molecule has 2 amide bonds. The number of ether oxygens (including phenoxy) is 1. The number of halogens is 1. The molecule has 1 aromatic rings. The van der Waals surface area contributed by atoms with Gasteiger partial charge in [0.05, 0.1) is 23.2 Å². The smallest absolute Gasteiger partial charge is 0.255 e. The molecule has 0 bridgehead atoms. The summed E-state index contributed by atoms with van der Waals surface area (Å²) < 4.78 is 5.43. The largest absolute Gasteiger partial charge is 0.371 e. The van der Waals surface area contributed by atoms with Gasteiger partial charge < -0.3 is 14.5 Å². The minimum absolute atomic E-state index is 0.00943. The topological polar surface area (TPSA) is 49.9 Å². The Morgan fingerprint density at radius 3 is 2.91 bits per heavy atom. The van der Waals surface area contributed by atoms with Crippen LogP contribution in [0.5, 0.6) is 0 Å².